The molecule has 5 nitrogen and oxygen atoms in total. The fraction of sp³-hybridized carbons (Fsp3) is 0.143. The topological polar surface area (TPSA) is 85.4 Å². The molecule has 1 rings (SSSR count). The molecule has 0 aliphatic heterocycles. The molecule has 3 N–H and O–H groups in total. The Kier molecular flexibility index (Phi) is 2.76. The van der Waals surface area contributed by atoms with E-state index < -0.39 is 28.3 Å². The zero-order valence-electron chi connectivity index (χ0n) is 7.04. The molecule has 1 aromatic rings. The number of aromatic carboxylic acids is 1. The van der Waals surface area contributed by atoms with Gasteiger partial charge in [-0.15, -0.1) is 0 Å². The minimum Gasteiger partial charge on any atom is -0.492 e. The number of halogens is 2. The van der Waals surface area contributed by atoms with Crippen molar-refractivity contribution in [2.24, 2.45) is 0 Å². The van der Waals surface area contributed by atoms with Crippen molar-refractivity contribution >= 4 is 23.3 Å². The van der Waals surface area contributed by atoms with Gasteiger partial charge < -0.3 is 15.6 Å². The fourth-order valence-electron chi connectivity index (χ4n) is 0.888. The third kappa shape index (κ3) is 1.56. The quantitative estimate of drug-likeness (QED) is 0.731. The van der Waals surface area contributed by atoms with Crippen molar-refractivity contribution in [2.75, 3.05) is 12.8 Å². The van der Waals surface area contributed by atoms with Crippen molar-refractivity contribution in [1.82, 2.24) is 4.98 Å². The van der Waals surface area contributed by atoms with Crippen LogP contribution in [0.3, 0.4) is 0 Å². The van der Waals surface area contributed by atoms with E-state index >= 15 is 0 Å². The summed E-state index contributed by atoms with van der Waals surface area (Å²) in [4.78, 5) is 13.9. The molecule has 0 aliphatic carbocycles. The van der Waals surface area contributed by atoms with E-state index in [4.69, 9.17) is 22.4 Å². The normalized spacial score (nSPS) is 9.93. The Morgan fingerprint density at radius 1 is 1.71 bits per heavy atom. The number of anilines is 1. The Morgan fingerprint density at radius 3 is 2.71 bits per heavy atom. The van der Waals surface area contributed by atoms with Crippen LogP contribution in [0.1, 0.15) is 10.5 Å². The number of ether oxygens (including phenoxy) is 1. The maximum Gasteiger partial charge on any atom is 0.358 e. The molecule has 0 atom stereocenters. The number of carbonyl (C=O) groups is 1. The summed E-state index contributed by atoms with van der Waals surface area (Å²) in [5.41, 5.74) is 4.26. The van der Waals surface area contributed by atoms with E-state index in [1.54, 1.807) is 0 Å². The molecule has 0 aromatic carbocycles. The minimum atomic E-state index is -1.39. The van der Waals surface area contributed by atoms with E-state index in [1.807, 2.05) is 0 Å². The summed E-state index contributed by atoms with van der Waals surface area (Å²) in [5, 5.41) is 8.06. The average molecular weight is 221 g/mol. The fourth-order valence-corrected chi connectivity index (χ4v) is 1.07. The Morgan fingerprint density at radius 2 is 2.29 bits per heavy atom. The van der Waals surface area contributed by atoms with Gasteiger partial charge in [-0.05, 0) is 0 Å². The smallest absolute Gasteiger partial charge is 0.358 e. The molecule has 0 amide bonds. The molecule has 0 bridgehead atoms. The summed E-state index contributed by atoms with van der Waals surface area (Å²) in [6.45, 7) is 0. The summed E-state index contributed by atoms with van der Waals surface area (Å²) in [7, 11) is 1.16. The number of nitrogens with two attached hydrogens (primary N) is 1. The summed E-state index contributed by atoms with van der Waals surface area (Å²) in [5.74, 6) is -2.72. The molecule has 14 heavy (non-hydrogen) atoms. The van der Waals surface area contributed by atoms with Gasteiger partial charge in [0.1, 0.15) is 5.69 Å². The van der Waals surface area contributed by atoms with Crippen LogP contribution in [0.5, 0.6) is 5.75 Å². The maximum absolute atomic E-state index is 13.0. The number of pyridine rings is 1. The molecule has 0 fully saturated rings. The lowest BCUT2D eigenvalue weighted by Gasteiger charge is -2.08. The van der Waals surface area contributed by atoms with Crippen LogP contribution in [0.25, 0.3) is 0 Å². The van der Waals surface area contributed by atoms with Crippen molar-refractivity contribution < 1.29 is 19.0 Å². The molecule has 0 aliphatic rings. The van der Waals surface area contributed by atoms with Crippen molar-refractivity contribution in [3.8, 4) is 5.75 Å². The van der Waals surface area contributed by atoms with Crippen molar-refractivity contribution in [2.45, 2.75) is 0 Å². The number of nitrogens with zero attached hydrogens (tertiary/aromatic N) is 1. The van der Waals surface area contributed by atoms with Crippen LogP contribution in [-0.4, -0.2) is 23.2 Å². The van der Waals surface area contributed by atoms with Gasteiger partial charge in [0.2, 0.25) is 0 Å². The lowest BCUT2D eigenvalue weighted by Crippen LogP contribution is -2.08. The molecule has 0 saturated carbocycles. The third-order valence-corrected chi connectivity index (χ3v) is 1.74. The number of methoxy groups -OCH3 is 1. The lowest BCUT2D eigenvalue weighted by molar-refractivity contribution is 0.0686. The number of carboxylic acids is 1. The third-order valence-electron chi connectivity index (χ3n) is 1.49. The second-order valence-corrected chi connectivity index (χ2v) is 2.68. The summed E-state index contributed by atoms with van der Waals surface area (Å²) in [6, 6.07) is 0. The molecule has 0 saturated heterocycles. The Hall–Kier alpha value is -1.56. The Bertz CT molecular complexity index is 397. The predicted octanol–water partition coefficient (Wildman–Crippen LogP) is 1.16. The predicted molar refractivity (Wildman–Crippen MR) is 47.1 cm³/mol. The first-order valence-electron chi connectivity index (χ1n) is 3.40. The first-order chi connectivity index (χ1) is 6.49. The SMILES string of the molecule is COc1c(C(=O)O)nc(Cl)c(F)c1N. The van der Waals surface area contributed by atoms with Crippen molar-refractivity contribution in [1.29, 1.82) is 0 Å². The average Bonchev–Trinajstić information content (AvgIpc) is 2.13. The highest BCUT2D eigenvalue weighted by molar-refractivity contribution is 6.30. The highest BCUT2D eigenvalue weighted by Gasteiger charge is 2.21. The van der Waals surface area contributed by atoms with Gasteiger partial charge in [-0.3, -0.25) is 0 Å². The highest BCUT2D eigenvalue weighted by Crippen LogP contribution is 2.31. The Balaban J connectivity index is 3.51. The molecular weight excluding hydrogens is 215 g/mol. The van der Waals surface area contributed by atoms with E-state index in [0.29, 0.717) is 0 Å². The van der Waals surface area contributed by atoms with E-state index in [0.717, 1.165) is 7.11 Å². The number of hydrogen-bond acceptors (Lipinski definition) is 4. The first-order valence-corrected chi connectivity index (χ1v) is 3.78. The number of nitrogen functional groups attached to an aromatic ring is 1. The van der Waals surface area contributed by atoms with Gasteiger partial charge >= 0.3 is 5.97 Å². The molecule has 1 aromatic heterocycles. The van der Waals surface area contributed by atoms with Crippen LogP contribution in [-0.2, 0) is 0 Å². The van der Waals surface area contributed by atoms with Crippen LogP contribution in [0.2, 0.25) is 5.15 Å². The number of carboxylic acid groups (broad SMARTS) is 1. The largest absolute Gasteiger partial charge is 0.492 e. The van der Waals surface area contributed by atoms with Gasteiger partial charge in [-0.1, -0.05) is 11.6 Å². The molecule has 76 valence electrons. The van der Waals surface area contributed by atoms with Crippen LogP contribution in [0.4, 0.5) is 10.1 Å². The second-order valence-electron chi connectivity index (χ2n) is 2.32. The second kappa shape index (κ2) is 3.67. The van der Waals surface area contributed by atoms with Gasteiger partial charge in [0, 0.05) is 0 Å². The molecular formula is C7H6ClFN2O3. The van der Waals surface area contributed by atoms with Crippen molar-refractivity contribution in [3.63, 3.8) is 0 Å². The van der Waals surface area contributed by atoms with E-state index in [9.17, 15) is 9.18 Å². The first kappa shape index (κ1) is 10.5. The van der Waals surface area contributed by atoms with E-state index in [2.05, 4.69) is 9.72 Å². The van der Waals surface area contributed by atoms with Crippen LogP contribution in [0.15, 0.2) is 0 Å². The van der Waals surface area contributed by atoms with Gasteiger partial charge in [0.25, 0.3) is 0 Å². The number of aromatic nitrogens is 1. The summed E-state index contributed by atoms with van der Waals surface area (Å²) >= 11 is 5.31. The number of rotatable bonds is 2. The molecule has 0 radical (unpaired) electrons. The van der Waals surface area contributed by atoms with E-state index in [1.165, 1.54) is 0 Å². The molecule has 0 unspecified atom stereocenters. The summed E-state index contributed by atoms with van der Waals surface area (Å²) in [6.07, 6.45) is 0. The zero-order chi connectivity index (χ0) is 10.9. The van der Waals surface area contributed by atoms with Crippen LogP contribution >= 0.6 is 11.6 Å². The summed E-state index contributed by atoms with van der Waals surface area (Å²) < 4.78 is 17.6. The van der Waals surface area contributed by atoms with Gasteiger partial charge in [-0.2, -0.15) is 0 Å². The molecule has 1 heterocycles. The number of hydrogen-bond donors (Lipinski definition) is 2. The monoisotopic (exact) mass is 220 g/mol. The van der Waals surface area contributed by atoms with Crippen LogP contribution in [0, 0.1) is 5.82 Å². The van der Waals surface area contributed by atoms with E-state index in [-0.39, 0.29) is 5.75 Å². The highest BCUT2D eigenvalue weighted by atomic mass is 35.5. The van der Waals surface area contributed by atoms with Gasteiger partial charge in [-0.25, -0.2) is 14.2 Å². The Labute approximate surface area is 83.3 Å². The maximum atomic E-state index is 13.0. The molecule has 0 spiro atoms. The van der Waals surface area contributed by atoms with Crippen molar-refractivity contribution in [3.05, 3.63) is 16.7 Å². The standard InChI is InChI=1S/C7H6ClFN2O3/c1-14-5-3(10)2(9)6(8)11-4(5)7(12)13/h1H3,(H2,10,11)(H,12,13). The van der Waals surface area contributed by atoms with Gasteiger partial charge in [0.05, 0.1) is 7.11 Å². The van der Waals surface area contributed by atoms with Gasteiger partial charge in [0.15, 0.2) is 22.4 Å². The lowest BCUT2D eigenvalue weighted by atomic mass is 10.3. The minimum absolute atomic E-state index is 0.334. The zero-order valence-corrected chi connectivity index (χ0v) is 7.80. The van der Waals surface area contributed by atoms with Crippen LogP contribution < -0.4 is 10.5 Å². The molecule has 7 heteroatoms.